The SMILES string of the molecule is CC(N)(CO)CCN1CCCC2CCCC21. The second-order valence-electron chi connectivity index (χ2n) is 6.00. The monoisotopic (exact) mass is 226 g/mol. The number of likely N-dealkylation sites (tertiary alicyclic amines) is 1. The molecule has 0 bridgehead atoms. The Balaban J connectivity index is 1.84. The largest absolute Gasteiger partial charge is 0.394 e. The molecule has 2 rings (SSSR count). The van der Waals surface area contributed by atoms with Crippen LogP contribution in [-0.2, 0) is 0 Å². The Morgan fingerprint density at radius 3 is 2.81 bits per heavy atom. The van der Waals surface area contributed by atoms with E-state index in [1.54, 1.807) is 0 Å². The van der Waals surface area contributed by atoms with Crippen LogP contribution in [-0.4, -0.2) is 41.3 Å². The number of nitrogens with two attached hydrogens (primary N) is 1. The normalized spacial score (nSPS) is 34.7. The summed E-state index contributed by atoms with van der Waals surface area (Å²) in [5.74, 6) is 0.951. The van der Waals surface area contributed by atoms with Gasteiger partial charge in [-0.1, -0.05) is 6.42 Å². The Hall–Kier alpha value is -0.120. The molecule has 3 N–H and O–H groups in total. The van der Waals surface area contributed by atoms with Gasteiger partial charge in [0.2, 0.25) is 0 Å². The maximum absolute atomic E-state index is 9.17. The molecule has 2 fully saturated rings. The second-order valence-corrected chi connectivity index (χ2v) is 6.00. The van der Waals surface area contributed by atoms with Crippen LogP contribution in [0, 0.1) is 5.92 Å². The maximum atomic E-state index is 9.17. The molecular weight excluding hydrogens is 200 g/mol. The van der Waals surface area contributed by atoms with Crippen molar-refractivity contribution in [3.63, 3.8) is 0 Å². The average molecular weight is 226 g/mol. The molecule has 3 nitrogen and oxygen atoms in total. The molecule has 0 spiro atoms. The van der Waals surface area contributed by atoms with E-state index in [0.717, 1.165) is 24.9 Å². The molecule has 3 unspecified atom stereocenters. The lowest BCUT2D eigenvalue weighted by Crippen LogP contribution is -2.48. The molecule has 0 aromatic heterocycles. The first-order valence-electron chi connectivity index (χ1n) is 6.76. The first-order chi connectivity index (χ1) is 7.62. The van der Waals surface area contributed by atoms with Crippen molar-refractivity contribution < 1.29 is 5.11 Å². The third-order valence-corrected chi connectivity index (χ3v) is 4.44. The molecule has 0 aromatic rings. The van der Waals surface area contributed by atoms with Crippen molar-refractivity contribution in [1.82, 2.24) is 4.90 Å². The van der Waals surface area contributed by atoms with Gasteiger partial charge in [0, 0.05) is 18.1 Å². The summed E-state index contributed by atoms with van der Waals surface area (Å²) in [6, 6.07) is 0.822. The number of aliphatic hydroxyl groups is 1. The first-order valence-corrected chi connectivity index (χ1v) is 6.76. The highest BCUT2D eigenvalue weighted by molar-refractivity contribution is 4.90. The number of aliphatic hydroxyl groups excluding tert-OH is 1. The van der Waals surface area contributed by atoms with E-state index in [4.69, 9.17) is 10.8 Å². The van der Waals surface area contributed by atoms with Crippen molar-refractivity contribution >= 4 is 0 Å². The van der Waals surface area contributed by atoms with Crippen LogP contribution in [0.3, 0.4) is 0 Å². The summed E-state index contributed by atoms with van der Waals surface area (Å²) < 4.78 is 0. The lowest BCUT2D eigenvalue weighted by Gasteiger charge is -2.39. The Labute approximate surface area is 99.0 Å². The van der Waals surface area contributed by atoms with E-state index in [-0.39, 0.29) is 6.61 Å². The first kappa shape index (κ1) is 12.3. The third kappa shape index (κ3) is 2.76. The zero-order valence-electron chi connectivity index (χ0n) is 10.5. The summed E-state index contributed by atoms with van der Waals surface area (Å²) >= 11 is 0. The molecule has 3 atom stereocenters. The molecular formula is C13H26N2O. The molecule has 16 heavy (non-hydrogen) atoms. The summed E-state index contributed by atoms with van der Waals surface area (Å²) in [5.41, 5.74) is 5.60. The van der Waals surface area contributed by atoms with E-state index in [1.165, 1.54) is 38.6 Å². The van der Waals surface area contributed by atoms with Gasteiger partial charge in [-0.2, -0.15) is 0 Å². The molecule has 3 heteroatoms. The van der Waals surface area contributed by atoms with E-state index in [1.807, 2.05) is 6.92 Å². The van der Waals surface area contributed by atoms with E-state index >= 15 is 0 Å². The lowest BCUT2D eigenvalue weighted by atomic mass is 9.91. The van der Waals surface area contributed by atoms with Gasteiger partial charge in [0.05, 0.1) is 6.61 Å². The van der Waals surface area contributed by atoms with Gasteiger partial charge in [-0.3, -0.25) is 0 Å². The number of piperidine rings is 1. The Bertz CT molecular complexity index is 230. The average Bonchev–Trinajstić information content (AvgIpc) is 2.75. The fourth-order valence-corrected chi connectivity index (χ4v) is 3.31. The van der Waals surface area contributed by atoms with Crippen LogP contribution in [0.5, 0.6) is 0 Å². The van der Waals surface area contributed by atoms with Gasteiger partial charge in [0.15, 0.2) is 0 Å². The van der Waals surface area contributed by atoms with Gasteiger partial charge in [-0.15, -0.1) is 0 Å². The highest BCUT2D eigenvalue weighted by Gasteiger charge is 2.35. The van der Waals surface area contributed by atoms with Crippen LogP contribution in [0.4, 0.5) is 0 Å². The van der Waals surface area contributed by atoms with Crippen LogP contribution in [0.15, 0.2) is 0 Å². The predicted octanol–water partition coefficient (Wildman–Crippen LogP) is 1.35. The van der Waals surface area contributed by atoms with Crippen LogP contribution in [0.2, 0.25) is 0 Å². The molecule has 0 radical (unpaired) electrons. The molecule has 1 aliphatic carbocycles. The van der Waals surface area contributed by atoms with Gasteiger partial charge in [-0.25, -0.2) is 0 Å². The lowest BCUT2D eigenvalue weighted by molar-refractivity contribution is 0.0953. The summed E-state index contributed by atoms with van der Waals surface area (Å²) in [5, 5.41) is 9.17. The van der Waals surface area contributed by atoms with Crippen LogP contribution in [0.1, 0.15) is 45.4 Å². The smallest absolute Gasteiger partial charge is 0.0608 e. The fraction of sp³-hybridized carbons (Fsp3) is 1.00. The van der Waals surface area contributed by atoms with Crippen molar-refractivity contribution in [2.45, 2.75) is 57.0 Å². The van der Waals surface area contributed by atoms with E-state index in [0.29, 0.717) is 0 Å². The van der Waals surface area contributed by atoms with Crippen molar-refractivity contribution in [2.24, 2.45) is 11.7 Å². The van der Waals surface area contributed by atoms with Crippen molar-refractivity contribution in [3.05, 3.63) is 0 Å². The number of fused-ring (bicyclic) bond motifs is 1. The standard InChI is InChI=1S/C13H26N2O/c1-13(14,10-16)7-9-15-8-3-5-11-4-2-6-12(11)15/h11-12,16H,2-10,14H2,1H3. The molecule has 1 aliphatic heterocycles. The maximum Gasteiger partial charge on any atom is 0.0608 e. The van der Waals surface area contributed by atoms with Crippen molar-refractivity contribution in [2.75, 3.05) is 19.7 Å². The molecule has 1 saturated heterocycles. The minimum Gasteiger partial charge on any atom is -0.394 e. The summed E-state index contributed by atoms with van der Waals surface area (Å²) in [4.78, 5) is 2.63. The summed E-state index contributed by atoms with van der Waals surface area (Å²) in [7, 11) is 0. The highest BCUT2D eigenvalue weighted by atomic mass is 16.3. The van der Waals surface area contributed by atoms with Crippen molar-refractivity contribution in [1.29, 1.82) is 0 Å². The number of hydrogen-bond acceptors (Lipinski definition) is 3. The Morgan fingerprint density at radius 2 is 2.06 bits per heavy atom. The Kier molecular flexibility index (Phi) is 3.88. The van der Waals surface area contributed by atoms with Gasteiger partial charge in [-0.05, 0) is 51.5 Å². The summed E-state index contributed by atoms with van der Waals surface area (Å²) in [6.07, 6.45) is 7.91. The molecule has 1 saturated carbocycles. The van der Waals surface area contributed by atoms with Crippen LogP contribution in [0.25, 0.3) is 0 Å². The molecule has 0 aromatic carbocycles. The molecule has 1 heterocycles. The van der Waals surface area contributed by atoms with Gasteiger partial charge in [0.25, 0.3) is 0 Å². The number of rotatable bonds is 4. The van der Waals surface area contributed by atoms with E-state index in [2.05, 4.69) is 4.90 Å². The second kappa shape index (κ2) is 5.03. The molecule has 0 amide bonds. The minimum atomic E-state index is -0.397. The van der Waals surface area contributed by atoms with Gasteiger partial charge in [0.1, 0.15) is 0 Å². The van der Waals surface area contributed by atoms with Crippen LogP contribution >= 0.6 is 0 Å². The third-order valence-electron chi connectivity index (χ3n) is 4.44. The quantitative estimate of drug-likeness (QED) is 0.761. The van der Waals surface area contributed by atoms with Crippen LogP contribution < -0.4 is 5.73 Å². The fourth-order valence-electron chi connectivity index (χ4n) is 3.31. The molecule has 94 valence electrons. The Morgan fingerprint density at radius 1 is 1.31 bits per heavy atom. The van der Waals surface area contributed by atoms with Crippen molar-refractivity contribution in [3.8, 4) is 0 Å². The van der Waals surface area contributed by atoms with E-state index < -0.39 is 5.54 Å². The summed E-state index contributed by atoms with van der Waals surface area (Å²) in [6.45, 7) is 4.34. The van der Waals surface area contributed by atoms with E-state index in [9.17, 15) is 0 Å². The number of hydrogen-bond donors (Lipinski definition) is 2. The molecule has 2 aliphatic rings. The number of nitrogens with zero attached hydrogens (tertiary/aromatic N) is 1. The highest BCUT2D eigenvalue weighted by Crippen LogP contribution is 2.36. The predicted molar refractivity (Wildman–Crippen MR) is 66.2 cm³/mol. The van der Waals surface area contributed by atoms with Gasteiger partial charge < -0.3 is 15.7 Å². The zero-order valence-corrected chi connectivity index (χ0v) is 10.5. The topological polar surface area (TPSA) is 49.5 Å². The minimum absolute atomic E-state index is 0.0922. The zero-order chi connectivity index (χ0) is 11.6. The van der Waals surface area contributed by atoms with Gasteiger partial charge >= 0.3 is 0 Å².